The number of carbonyl (C=O) groups is 2. The number of benzene rings is 1. The first kappa shape index (κ1) is 20.2. The molecule has 0 spiro atoms. The number of esters is 1. The van der Waals surface area contributed by atoms with Crippen LogP contribution in [0.1, 0.15) is 56.4 Å². The van der Waals surface area contributed by atoms with Crippen molar-refractivity contribution in [3.05, 3.63) is 35.7 Å². The van der Waals surface area contributed by atoms with Crippen LogP contribution in [0.5, 0.6) is 0 Å². The molecule has 0 saturated heterocycles. The molecule has 1 aromatic carbocycles. The van der Waals surface area contributed by atoms with Crippen LogP contribution in [0.2, 0.25) is 0 Å². The smallest absolute Gasteiger partial charge is 0.325 e. The topological polar surface area (TPSA) is 94.3 Å². The number of amides is 1. The minimum atomic E-state index is -0.505. The van der Waals surface area contributed by atoms with Gasteiger partial charge in [0.05, 0.1) is 0 Å². The molecule has 4 fully saturated rings. The van der Waals surface area contributed by atoms with Crippen molar-refractivity contribution in [2.24, 2.45) is 23.2 Å². The Morgan fingerprint density at radius 1 is 1.13 bits per heavy atom. The molecule has 4 saturated carbocycles. The second-order valence-electron chi connectivity index (χ2n) is 9.86. The summed E-state index contributed by atoms with van der Waals surface area (Å²) in [6, 6.07) is 7.73. The summed E-state index contributed by atoms with van der Waals surface area (Å²) >= 11 is 0. The molecule has 4 bridgehead atoms. The summed E-state index contributed by atoms with van der Waals surface area (Å²) in [7, 11) is 0. The van der Waals surface area contributed by atoms with Crippen molar-refractivity contribution in [1.29, 1.82) is 0 Å². The lowest BCUT2D eigenvalue weighted by Gasteiger charge is -2.56. The van der Waals surface area contributed by atoms with Crippen molar-refractivity contribution in [2.75, 3.05) is 6.54 Å². The minimum absolute atomic E-state index is 0.0430. The largest absolute Gasteiger partial charge is 0.454 e. The van der Waals surface area contributed by atoms with Crippen LogP contribution >= 0.6 is 0 Å². The van der Waals surface area contributed by atoms with Crippen LogP contribution in [0.15, 0.2) is 28.8 Å². The molecule has 1 amide bonds. The minimum Gasteiger partial charge on any atom is -0.454 e. The number of carbonyl (C=O) groups excluding carboxylic acids is 2. The number of hydrogen-bond acceptors (Lipinski definition) is 6. The second kappa shape index (κ2) is 8.09. The van der Waals surface area contributed by atoms with E-state index in [1.165, 1.54) is 38.5 Å². The standard InChI is InChI=1S/C24H29N3O4/c1-15-4-2-3-5-19(15)23-26-21(31-27-23)14-30-22(29)13-25-20(28)12-24-9-16-6-17(10-24)8-18(7-16)11-24/h2-5,16-18H,6-14H2,1H3,(H,25,28). The summed E-state index contributed by atoms with van der Waals surface area (Å²) in [5.74, 6) is 2.57. The van der Waals surface area contributed by atoms with Gasteiger partial charge in [0.25, 0.3) is 5.89 Å². The molecular weight excluding hydrogens is 394 g/mol. The zero-order valence-electron chi connectivity index (χ0n) is 17.9. The lowest BCUT2D eigenvalue weighted by molar-refractivity contribution is -0.146. The van der Waals surface area contributed by atoms with Gasteiger partial charge in [-0.25, -0.2) is 0 Å². The molecule has 0 aliphatic heterocycles. The van der Waals surface area contributed by atoms with Crippen molar-refractivity contribution in [3.63, 3.8) is 0 Å². The van der Waals surface area contributed by atoms with E-state index in [2.05, 4.69) is 15.5 Å². The van der Waals surface area contributed by atoms with Crippen molar-refractivity contribution in [2.45, 2.75) is 58.5 Å². The van der Waals surface area contributed by atoms with Crippen molar-refractivity contribution in [3.8, 4) is 11.4 Å². The number of ether oxygens (including phenoxy) is 1. The van der Waals surface area contributed by atoms with Crippen LogP contribution in [0, 0.1) is 30.1 Å². The Bertz CT molecular complexity index is 947. The van der Waals surface area contributed by atoms with Crippen LogP contribution in [-0.2, 0) is 20.9 Å². The Hall–Kier alpha value is -2.70. The maximum atomic E-state index is 12.5. The maximum absolute atomic E-state index is 12.5. The lowest BCUT2D eigenvalue weighted by Crippen LogP contribution is -2.48. The van der Waals surface area contributed by atoms with Crippen LogP contribution in [0.25, 0.3) is 11.4 Å². The van der Waals surface area contributed by atoms with Gasteiger partial charge in [-0.2, -0.15) is 4.98 Å². The average molecular weight is 424 g/mol. The van der Waals surface area contributed by atoms with E-state index >= 15 is 0 Å². The van der Waals surface area contributed by atoms with E-state index in [0.717, 1.165) is 28.9 Å². The zero-order valence-corrected chi connectivity index (χ0v) is 17.9. The van der Waals surface area contributed by atoms with Crippen molar-refractivity contribution >= 4 is 11.9 Å². The quantitative estimate of drug-likeness (QED) is 0.681. The third-order valence-electron chi connectivity index (χ3n) is 7.34. The van der Waals surface area contributed by atoms with E-state index in [0.29, 0.717) is 12.2 Å². The molecule has 0 radical (unpaired) electrons. The number of nitrogens with one attached hydrogen (secondary N) is 1. The average Bonchev–Trinajstić information content (AvgIpc) is 3.18. The van der Waals surface area contributed by atoms with Gasteiger partial charge in [-0.05, 0) is 74.2 Å². The van der Waals surface area contributed by atoms with E-state index in [1.54, 1.807) is 0 Å². The van der Waals surface area contributed by atoms with Crippen molar-refractivity contribution < 1.29 is 18.8 Å². The van der Waals surface area contributed by atoms with E-state index in [-0.39, 0.29) is 30.4 Å². The molecule has 4 aliphatic rings. The summed E-state index contributed by atoms with van der Waals surface area (Å²) in [6.07, 6.45) is 8.14. The molecule has 0 unspecified atom stereocenters. The molecule has 1 N–H and O–H groups in total. The Kier molecular flexibility index (Phi) is 5.28. The molecular formula is C24H29N3O4. The molecule has 7 heteroatoms. The third kappa shape index (κ3) is 4.36. The molecule has 31 heavy (non-hydrogen) atoms. The monoisotopic (exact) mass is 423 g/mol. The van der Waals surface area contributed by atoms with E-state index in [9.17, 15) is 9.59 Å². The number of hydrogen-bond donors (Lipinski definition) is 1. The summed E-state index contributed by atoms with van der Waals surface area (Å²) in [5, 5.41) is 6.71. The molecule has 1 heterocycles. The van der Waals surface area contributed by atoms with Gasteiger partial charge in [-0.15, -0.1) is 0 Å². The normalized spacial score (nSPS) is 28.5. The summed E-state index contributed by atoms with van der Waals surface area (Å²) in [5.41, 5.74) is 2.08. The third-order valence-corrected chi connectivity index (χ3v) is 7.34. The molecule has 7 nitrogen and oxygen atoms in total. The van der Waals surface area contributed by atoms with Gasteiger partial charge in [0, 0.05) is 12.0 Å². The fourth-order valence-corrected chi connectivity index (χ4v) is 6.52. The van der Waals surface area contributed by atoms with E-state index < -0.39 is 5.97 Å². The first-order valence-electron chi connectivity index (χ1n) is 11.3. The van der Waals surface area contributed by atoms with E-state index in [4.69, 9.17) is 9.26 Å². The highest BCUT2D eigenvalue weighted by Crippen LogP contribution is 2.61. The Balaban J connectivity index is 1.08. The van der Waals surface area contributed by atoms with Crippen molar-refractivity contribution in [1.82, 2.24) is 15.5 Å². The first-order chi connectivity index (χ1) is 15.0. The highest BCUT2D eigenvalue weighted by Gasteiger charge is 2.51. The predicted molar refractivity (Wildman–Crippen MR) is 112 cm³/mol. The molecule has 4 aliphatic carbocycles. The Labute approximate surface area is 181 Å². The number of aryl methyl sites for hydroxylation is 1. The van der Waals surface area contributed by atoms with Gasteiger partial charge < -0.3 is 14.6 Å². The summed E-state index contributed by atoms with van der Waals surface area (Å²) in [4.78, 5) is 28.9. The lowest BCUT2D eigenvalue weighted by atomic mass is 9.49. The number of nitrogens with zero attached hydrogens (tertiary/aromatic N) is 2. The summed E-state index contributed by atoms with van der Waals surface area (Å²) < 4.78 is 10.4. The zero-order chi connectivity index (χ0) is 21.4. The number of aromatic nitrogens is 2. The van der Waals surface area contributed by atoms with Gasteiger partial charge in [0.15, 0.2) is 6.61 Å². The van der Waals surface area contributed by atoms with Gasteiger partial charge in [-0.3, -0.25) is 9.59 Å². The highest BCUT2D eigenvalue weighted by molar-refractivity contribution is 5.82. The van der Waals surface area contributed by atoms with Crippen LogP contribution in [-0.4, -0.2) is 28.6 Å². The van der Waals surface area contributed by atoms with Gasteiger partial charge in [0.2, 0.25) is 11.7 Å². The number of rotatable bonds is 7. The van der Waals surface area contributed by atoms with Crippen LogP contribution in [0.3, 0.4) is 0 Å². The molecule has 0 atom stereocenters. The second-order valence-corrected chi connectivity index (χ2v) is 9.86. The summed E-state index contributed by atoms with van der Waals surface area (Å²) in [6.45, 7) is 1.73. The van der Waals surface area contributed by atoms with Crippen LogP contribution < -0.4 is 5.32 Å². The first-order valence-corrected chi connectivity index (χ1v) is 11.3. The Morgan fingerprint density at radius 3 is 2.48 bits per heavy atom. The maximum Gasteiger partial charge on any atom is 0.325 e. The van der Waals surface area contributed by atoms with Gasteiger partial charge >= 0.3 is 5.97 Å². The Morgan fingerprint density at radius 2 is 1.81 bits per heavy atom. The SMILES string of the molecule is Cc1ccccc1-c1noc(COC(=O)CNC(=O)CC23CC4CC(CC(C4)C2)C3)n1. The van der Waals surface area contributed by atoms with Gasteiger partial charge in [0.1, 0.15) is 6.54 Å². The predicted octanol–water partition coefficient (Wildman–Crippen LogP) is 3.81. The van der Waals surface area contributed by atoms with Gasteiger partial charge in [-0.1, -0.05) is 29.4 Å². The fraction of sp³-hybridized carbons (Fsp3) is 0.583. The van der Waals surface area contributed by atoms with Crippen LogP contribution in [0.4, 0.5) is 0 Å². The molecule has 6 rings (SSSR count). The molecule has 2 aromatic rings. The van der Waals surface area contributed by atoms with E-state index in [1.807, 2.05) is 31.2 Å². The molecule has 164 valence electrons. The highest BCUT2D eigenvalue weighted by atomic mass is 16.6. The molecule has 1 aromatic heterocycles. The fourth-order valence-electron chi connectivity index (χ4n) is 6.52.